The number of aryl methyl sites for hydroxylation is 2. The van der Waals surface area contributed by atoms with Gasteiger partial charge in [0.15, 0.2) is 0 Å². The van der Waals surface area contributed by atoms with Gasteiger partial charge in [-0.05, 0) is 60.9 Å². The van der Waals surface area contributed by atoms with Crippen LogP contribution in [-0.4, -0.2) is 34.2 Å². The molecular weight excluding hydrogens is 440 g/mol. The Bertz CT molecular complexity index is 1100. The van der Waals surface area contributed by atoms with E-state index in [-0.39, 0.29) is 24.4 Å². The van der Waals surface area contributed by atoms with Crippen molar-refractivity contribution in [1.82, 2.24) is 9.80 Å². The SMILES string of the molecule is Cc1ccccc1C(=O)N(CC(=O)N(Cc1ccccc1)Cc1sccc1C)C1CCCCC1. The lowest BCUT2D eigenvalue weighted by molar-refractivity contribution is -0.133. The second-order valence-corrected chi connectivity index (χ2v) is 10.3. The summed E-state index contributed by atoms with van der Waals surface area (Å²) >= 11 is 1.68. The lowest BCUT2D eigenvalue weighted by atomic mass is 9.93. The molecule has 3 aromatic rings. The van der Waals surface area contributed by atoms with Crippen molar-refractivity contribution >= 4 is 23.2 Å². The zero-order valence-corrected chi connectivity index (χ0v) is 21.0. The van der Waals surface area contributed by atoms with Crippen LogP contribution in [0.3, 0.4) is 0 Å². The first-order valence-corrected chi connectivity index (χ1v) is 13.1. The van der Waals surface area contributed by atoms with Crippen LogP contribution in [0.15, 0.2) is 66.0 Å². The van der Waals surface area contributed by atoms with E-state index in [1.165, 1.54) is 16.9 Å². The number of benzene rings is 2. The molecule has 0 spiro atoms. The molecule has 4 rings (SSSR count). The van der Waals surface area contributed by atoms with Gasteiger partial charge in [-0.3, -0.25) is 9.59 Å². The Morgan fingerprint density at radius 2 is 1.56 bits per heavy atom. The molecule has 2 aromatic carbocycles. The van der Waals surface area contributed by atoms with E-state index in [1.54, 1.807) is 11.3 Å². The van der Waals surface area contributed by atoms with E-state index in [1.807, 2.05) is 59.2 Å². The Morgan fingerprint density at radius 1 is 0.853 bits per heavy atom. The zero-order valence-electron chi connectivity index (χ0n) is 20.2. The van der Waals surface area contributed by atoms with Crippen molar-refractivity contribution in [2.75, 3.05) is 6.54 Å². The van der Waals surface area contributed by atoms with Crippen molar-refractivity contribution in [2.45, 2.75) is 65.1 Å². The minimum Gasteiger partial charge on any atom is -0.332 e. The number of rotatable bonds is 8. The van der Waals surface area contributed by atoms with Gasteiger partial charge in [0.05, 0.1) is 6.54 Å². The van der Waals surface area contributed by atoms with Crippen LogP contribution in [0.2, 0.25) is 0 Å². The highest BCUT2D eigenvalue weighted by Gasteiger charge is 2.30. The molecule has 0 unspecified atom stereocenters. The van der Waals surface area contributed by atoms with Crippen LogP contribution in [0.5, 0.6) is 0 Å². The molecule has 1 saturated carbocycles. The van der Waals surface area contributed by atoms with E-state index in [0.717, 1.165) is 36.8 Å². The van der Waals surface area contributed by atoms with E-state index < -0.39 is 0 Å². The Labute approximate surface area is 207 Å². The molecule has 0 bridgehead atoms. The Balaban J connectivity index is 1.60. The lowest BCUT2D eigenvalue weighted by Gasteiger charge is -2.36. The molecule has 0 N–H and O–H groups in total. The van der Waals surface area contributed by atoms with Crippen molar-refractivity contribution in [1.29, 1.82) is 0 Å². The molecule has 0 aliphatic heterocycles. The maximum absolute atomic E-state index is 13.8. The van der Waals surface area contributed by atoms with Gasteiger partial charge in [0, 0.05) is 23.0 Å². The van der Waals surface area contributed by atoms with Crippen LogP contribution >= 0.6 is 11.3 Å². The third-order valence-corrected chi connectivity index (χ3v) is 7.84. The predicted molar refractivity (Wildman–Crippen MR) is 139 cm³/mol. The van der Waals surface area contributed by atoms with Crippen molar-refractivity contribution in [2.24, 2.45) is 0 Å². The summed E-state index contributed by atoms with van der Waals surface area (Å²) in [6, 6.07) is 20.0. The molecule has 0 atom stereocenters. The standard InChI is InChI=1S/C29H34N2O2S/c1-22-11-9-10-16-26(22)29(33)31(25-14-7-4-8-15-25)21-28(32)30(19-24-12-5-3-6-13-24)20-27-23(2)17-18-34-27/h3,5-6,9-13,16-18,25H,4,7-8,14-15,19-21H2,1-2H3. The third kappa shape index (κ3) is 5.95. The average Bonchev–Trinajstić information content (AvgIpc) is 3.27. The molecule has 5 heteroatoms. The first-order chi connectivity index (χ1) is 16.5. The number of thiophene rings is 1. The van der Waals surface area contributed by atoms with Gasteiger partial charge in [-0.15, -0.1) is 11.3 Å². The molecule has 1 fully saturated rings. The minimum absolute atomic E-state index is 0.00385. The van der Waals surface area contributed by atoms with Crippen LogP contribution in [0, 0.1) is 13.8 Å². The summed E-state index contributed by atoms with van der Waals surface area (Å²) in [6.07, 6.45) is 5.35. The normalized spacial score (nSPS) is 14.1. The molecule has 2 amide bonds. The van der Waals surface area contributed by atoms with Crippen molar-refractivity contribution in [3.05, 3.63) is 93.2 Å². The first kappa shape index (κ1) is 24.2. The average molecular weight is 475 g/mol. The van der Waals surface area contributed by atoms with Crippen LogP contribution in [0.4, 0.5) is 0 Å². The van der Waals surface area contributed by atoms with Crippen LogP contribution in [0.25, 0.3) is 0 Å². The molecule has 34 heavy (non-hydrogen) atoms. The molecule has 1 aliphatic carbocycles. The number of hydrogen-bond acceptors (Lipinski definition) is 3. The van der Waals surface area contributed by atoms with Gasteiger partial charge in [0.25, 0.3) is 5.91 Å². The summed E-state index contributed by atoms with van der Waals surface area (Å²) in [5, 5.41) is 2.08. The van der Waals surface area contributed by atoms with Gasteiger partial charge in [-0.25, -0.2) is 0 Å². The summed E-state index contributed by atoms with van der Waals surface area (Å²) in [7, 11) is 0. The van der Waals surface area contributed by atoms with E-state index >= 15 is 0 Å². The largest absolute Gasteiger partial charge is 0.332 e. The Morgan fingerprint density at radius 3 is 2.24 bits per heavy atom. The van der Waals surface area contributed by atoms with Crippen LogP contribution < -0.4 is 0 Å². The molecule has 1 aromatic heterocycles. The molecule has 1 aliphatic rings. The maximum Gasteiger partial charge on any atom is 0.254 e. The zero-order chi connectivity index (χ0) is 23.9. The molecule has 0 radical (unpaired) electrons. The second kappa shape index (κ2) is 11.5. The number of nitrogens with zero attached hydrogens (tertiary/aromatic N) is 2. The molecular formula is C29H34N2O2S. The van der Waals surface area contributed by atoms with E-state index in [0.29, 0.717) is 18.7 Å². The number of amides is 2. The van der Waals surface area contributed by atoms with Crippen molar-refractivity contribution in [3.8, 4) is 0 Å². The third-order valence-electron chi connectivity index (χ3n) is 6.83. The van der Waals surface area contributed by atoms with E-state index in [4.69, 9.17) is 0 Å². The van der Waals surface area contributed by atoms with Crippen LogP contribution in [0.1, 0.15) is 64.0 Å². The topological polar surface area (TPSA) is 40.6 Å². The Kier molecular flexibility index (Phi) is 8.17. The minimum atomic E-state index is -0.0229. The molecule has 4 nitrogen and oxygen atoms in total. The predicted octanol–water partition coefficient (Wildman–Crippen LogP) is 6.37. The maximum atomic E-state index is 13.8. The van der Waals surface area contributed by atoms with Gasteiger partial charge in [-0.1, -0.05) is 67.8 Å². The highest BCUT2D eigenvalue weighted by Crippen LogP contribution is 2.26. The monoisotopic (exact) mass is 474 g/mol. The lowest BCUT2D eigenvalue weighted by Crippen LogP contribution is -2.48. The first-order valence-electron chi connectivity index (χ1n) is 12.2. The van der Waals surface area contributed by atoms with Gasteiger partial charge in [0.1, 0.15) is 6.54 Å². The van der Waals surface area contributed by atoms with Gasteiger partial charge < -0.3 is 9.80 Å². The highest BCUT2D eigenvalue weighted by atomic mass is 32.1. The van der Waals surface area contributed by atoms with Crippen LogP contribution in [-0.2, 0) is 17.9 Å². The number of hydrogen-bond donors (Lipinski definition) is 0. The number of carbonyl (C=O) groups excluding carboxylic acids is 2. The molecule has 0 saturated heterocycles. The highest BCUT2D eigenvalue weighted by molar-refractivity contribution is 7.10. The van der Waals surface area contributed by atoms with Gasteiger partial charge in [-0.2, -0.15) is 0 Å². The summed E-state index contributed by atoms with van der Waals surface area (Å²) in [5.41, 5.74) is 3.95. The molecule has 178 valence electrons. The second-order valence-electron chi connectivity index (χ2n) is 9.30. The fourth-order valence-electron chi connectivity index (χ4n) is 4.75. The Hall–Kier alpha value is -2.92. The van der Waals surface area contributed by atoms with Crippen molar-refractivity contribution in [3.63, 3.8) is 0 Å². The summed E-state index contributed by atoms with van der Waals surface area (Å²) < 4.78 is 0. The smallest absolute Gasteiger partial charge is 0.254 e. The van der Waals surface area contributed by atoms with Gasteiger partial charge >= 0.3 is 0 Å². The summed E-state index contributed by atoms with van der Waals surface area (Å²) in [5.74, 6) is -0.0190. The van der Waals surface area contributed by atoms with E-state index in [2.05, 4.69) is 30.5 Å². The van der Waals surface area contributed by atoms with Gasteiger partial charge in [0.2, 0.25) is 5.91 Å². The van der Waals surface area contributed by atoms with Crippen molar-refractivity contribution < 1.29 is 9.59 Å². The fraction of sp³-hybridized carbons (Fsp3) is 0.379. The fourth-order valence-corrected chi connectivity index (χ4v) is 5.67. The van der Waals surface area contributed by atoms with E-state index in [9.17, 15) is 9.59 Å². The number of carbonyl (C=O) groups is 2. The summed E-state index contributed by atoms with van der Waals surface area (Å²) in [6.45, 7) is 5.28. The summed E-state index contributed by atoms with van der Waals surface area (Å²) in [4.78, 5) is 32.5. The molecule has 1 heterocycles. The quantitative estimate of drug-likeness (QED) is 0.381.